The molecular weight excluding hydrogens is 224 g/mol. The van der Waals surface area contributed by atoms with Crippen molar-refractivity contribution in [2.75, 3.05) is 12.3 Å². The van der Waals surface area contributed by atoms with E-state index in [4.69, 9.17) is 0 Å². The Kier molecular flexibility index (Phi) is 2.53. The molecule has 0 aromatic heterocycles. The zero-order valence-corrected chi connectivity index (χ0v) is 10.5. The van der Waals surface area contributed by atoms with Crippen molar-refractivity contribution in [3.05, 3.63) is 0 Å². The second kappa shape index (κ2) is 3.68. The molecular formula is C11H20N2O2S. The van der Waals surface area contributed by atoms with E-state index in [2.05, 4.69) is 5.32 Å². The molecule has 3 aliphatic heterocycles. The maximum absolute atomic E-state index is 12.0. The minimum Gasteiger partial charge on any atom is -0.311 e. The second-order valence-corrected chi connectivity index (χ2v) is 7.68. The first-order chi connectivity index (χ1) is 7.54. The van der Waals surface area contributed by atoms with Crippen LogP contribution in [0.2, 0.25) is 0 Å². The van der Waals surface area contributed by atoms with Gasteiger partial charge in [-0.3, -0.25) is 0 Å². The molecule has 1 N–H and O–H groups in total. The van der Waals surface area contributed by atoms with Crippen molar-refractivity contribution in [3.8, 4) is 0 Å². The van der Waals surface area contributed by atoms with Gasteiger partial charge in [0.1, 0.15) is 0 Å². The van der Waals surface area contributed by atoms with Crippen molar-refractivity contribution in [1.82, 2.24) is 9.62 Å². The van der Waals surface area contributed by atoms with Crippen molar-refractivity contribution in [1.29, 1.82) is 0 Å². The molecule has 3 aliphatic rings. The molecule has 3 rings (SSSR count). The zero-order valence-electron chi connectivity index (χ0n) is 9.72. The van der Waals surface area contributed by atoms with E-state index in [-0.39, 0.29) is 6.04 Å². The molecule has 16 heavy (non-hydrogen) atoms. The van der Waals surface area contributed by atoms with Crippen LogP contribution in [-0.4, -0.2) is 43.1 Å². The zero-order chi connectivity index (χ0) is 11.3. The van der Waals surface area contributed by atoms with E-state index in [1.807, 2.05) is 6.92 Å². The number of hydrogen-bond acceptors (Lipinski definition) is 3. The Hall–Kier alpha value is -0.130. The van der Waals surface area contributed by atoms with Gasteiger partial charge in [-0.2, -0.15) is 4.31 Å². The van der Waals surface area contributed by atoms with E-state index in [1.54, 1.807) is 4.31 Å². The molecule has 0 amide bonds. The van der Waals surface area contributed by atoms with Crippen LogP contribution in [0.25, 0.3) is 0 Å². The molecule has 0 saturated carbocycles. The van der Waals surface area contributed by atoms with Crippen molar-refractivity contribution < 1.29 is 8.42 Å². The largest absolute Gasteiger partial charge is 0.311 e. The third-order valence-corrected chi connectivity index (χ3v) is 6.35. The maximum Gasteiger partial charge on any atom is 0.214 e. The fourth-order valence-corrected chi connectivity index (χ4v) is 5.69. The highest BCUT2D eigenvalue weighted by molar-refractivity contribution is 7.89. The van der Waals surface area contributed by atoms with Gasteiger partial charge in [-0.15, -0.1) is 0 Å². The lowest BCUT2D eigenvalue weighted by Gasteiger charge is -2.34. The summed E-state index contributed by atoms with van der Waals surface area (Å²) in [4.78, 5) is 0. The van der Waals surface area contributed by atoms with E-state index >= 15 is 0 Å². The predicted molar refractivity (Wildman–Crippen MR) is 62.6 cm³/mol. The summed E-state index contributed by atoms with van der Waals surface area (Å²) < 4.78 is 25.8. The van der Waals surface area contributed by atoms with Crippen LogP contribution in [0.15, 0.2) is 0 Å². The maximum atomic E-state index is 12.0. The first-order valence-corrected chi connectivity index (χ1v) is 7.91. The van der Waals surface area contributed by atoms with Crippen molar-refractivity contribution in [2.45, 2.75) is 50.7 Å². The summed E-state index contributed by atoms with van der Waals surface area (Å²) in [6, 6.07) is 1.40. The number of hydrogen-bond donors (Lipinski definition) is 1. The average Bonchev–Trinajstić information content (AvgIpc) is 2.66. The lowest BCUT2D eigenvalue weighted by Crippen LogP contribution is -2.48. The molecule has 3 unspecified atom stereocenters. The van der Waals surface area contributed by atoms with E-state index in [1.165, 1.54) is 12.8 Å². The van der Waals surface area contributed by atoms with Gasteiger partial charge in [0.25, 0.3) is 0 Å². The highest BCUT2D eigenvalue weighted by Crippen LogP contribution is 2.33. The van der Waals surface area contributed by atoms with Crippen LogP contribution in [0.1, 0.15) is 32.6 Å². The molecule has 0 spiro atoms. The summed E-state index contributed by atoms with van der Waals surface area (Å²) in [5, 5.41) is 3.56. The van der Waals surface area contributed by atoms with E-state index in [0.717, 1.165) is 19.4 Å². The van der Waals surface area contributed by atoms with Gasteiger partial charge in [-0.05, 0) is 31.6 Å². The molecule has 92 valence electrons. The summed E-state index contributed by atoms with van der Waals surface area (Å²) in [7, 11) is -2.95. The van der Waals surface area contributed by atoms with E-state index in [9.17, 15) is 8.42 Å². The van der Waals surface area contributed by atoms with Crippen LogP contribution < -0.4 is 5.32 Å². The van der Waals surface area contributed by atoms with Crippen LogP contribution in [0.5, 0.6) is 0 Å². The first-order valence-electron chi connectivity index (χ1n) is 6.30. The minimum absolute atomic E-state index is 0.272. The highest BCUT2D eigenvalue weighted by atomic mass is 32.2. The molecule has 3 atom stereocenters. The standard InChI is InChI=1S/C11H20N2O2S/c1-8-6-13(16(14,15)7-8)11-4-9-2-3-10(5-11)12-9/h8-12H,2-7H2,1H3. The Morgan fingerprint density at radius 1 is 1.19 bits per heavy atom. The van der Waals surface area contributed by atoms with Gasteiger partial charge >= 0.3 is 0 Å². The molecule has 0 aliphatic carbocycles. The lowest BCUT2D eigenvalue weighted by atomic mass is 9.99. The summed E-state index contributed by atoms with van der Waals surface area (Å²) in [6.45, 7) is 2.78. The number of rotatable bonds is 1. The number of piperidine rings is 1. The monoisotopic (exact) mass is 244 g/mol. The Balaban J connectivity index is 1.78. The predicted octanol–water partition coefficient (Wildman–Crippen LogP) is 0.551. The second-order valence-electron chi connectivity index (χ2n) is 5.72. The number of nitrogens with one attached hydrogen (secondary N) is 1. The SMILES string of the molecule is CC1CN(C2CC3CCC(C2)N3)S(=O)(=O)C1. The van der Waals surface area contributed by atoms with Gasteiger partial charge in [0.05, 0.1) is 5.75 Å². The molecule has 3 saturated heterocycles. The highest BCUT2D eigenvalue weighted by Gasteiger charge is 2.43. The van der Waals surface area contributed by atoms with Crippen molar-refractivity contribution in [3.63, 3.8) is 0 Å². The third-order valence-electron chi connectivity index (χ3n) is 4.20. The number of sulfonamides is 1. The van der Waals surface area contributed by atoms with Crippen LogP contribution >= 0.6 is 0 Å². The lowest BCUT2D eigenvalue weighted by molar-refractivity contribution is 0.228. The van der Waals surface area contributed by atoms with Crippen LogP contribution in [0, 0.1) is 5.92 Å². The average molecular weight is 244 g/mol. The van der Waals surface area contributed by atoms with Crippen molar-refractivity contribution in [2.24, 2.45) is 5.92 Å². The molecule has 3 fully saturated rings. The molecule has 5 heteroatoms. The molecule has 0 radical (unpaired) electrons. The molecule has 4 nitrogen and oxygen atoms in total. The summed E-state index contributed by atoms with van der Waals surface area (Å²) in [6.07, 6.45) is 4.49. The molecule has 0 aromatic carbocycles. The van der Waals surface area contributed by atoms with Crippen LogP contribution in [-0.2, 0) is 10.0 Å². The van der Waals surface area contributed by atoms with Gasteiger partial charge < -0.3 is 5.32 Å². The summed E-state index contributed by atoms with van der Waals surface area (Å²) >= 11 is 0. The summed E-state index contributed by atoms with van der Waals surface area (Å²) in [5.74, 6) is 0.657. The van der Waals surface area contributed by atoms with Gasteiger partial charge in [0.15, 0.2) is 0 Å². The normalized spacial score (nSPS) is 47.3. The molecule has 0 aromatic rings. The van der Waals surface area contributed by atoms with Gasteiger partial charge in [0, 0.05) is 24.7 Å². The minimum atomic E-state index is -2.95. The number of fused-ring (bicyclic) bond motifs is 2. The van der Waals surface area contributed by atoms with Crippen molar-refractivity contribution >= 4 is 10.0 Å². The summed E-state index contributed by atoms with van der Waals surface area (Å²) in [5.41, 5.74) is 0. The molecule has 3 heterocycles. The first kappa shape index (κ1) is 11.0. The van der Waals surface area contributed by atoms with Gasteiger partial charge in [-0.1, -0.05) is 6.92 Å². The Morgan fingerprint density at radius 3 is 2.31 bits per heavy atom. The van der Waals surface area contributed by atoms with Gasteiger partial charge in [0.2, 0.25) is 10.0 Å². The Bertz CT molecular complexity index is 369. The van der Waals surface area contributed by atoms with Crippen LogP contribution in [0.4, 0.5) is 0 Å². The van der Waals surface area contributed by atoms with Crippen LogP contribution in [0.3, 0.4) is 0 Å². The number of nitrogens with zero attached hydrogens (tertiary/aromatic N) is 1. The third kappa shape index (κ3) is 1.79. The fourth-order valence-electron chi connectivity index (χ4n) is 3.57. The Morgan fingerprint density at radius 2 is 1.81 bits per heavy atom. The van der Waals surface area contributed by atoms with Gasteiger partial charge in [-0.25, -0.2) is 8.42 Å². The molecule has 2 bridgehead atoms. The fraction of sp³-hybridized carbons (Fsp3) is 1.00. The smallest absolute Gasteiger partial charge is 0.214 e. The van der Waals surface area contributed by atoms with E-state index < -0.39 is 10.0 Å². The Labute approximate surface area is 97.4 Å². The quantitative estimate of drug-likeness (QED) is 0.733. The van der Waals surface area contributed by atoms with E-state index in [0.29, 0.717) is 23.8 Å². The topological polar surface area (TPSA) is 49.4 Å².